The molecule has 0 aliphatic carbocycles. The van der Waals surface area contributed by atoms with Crippen LogP contribution in [-0.4, -0.2) is 58.4 Å². The molecule has 1 saturated heterocycles. The van der Waals surface area contributed by atoms with Gasteiger partial charge in [0, 0.05) is 48.8 Å². The van der Waals surface area contributed by atoms with Gasteiger partial charge in [-0.25, -0.2) is 4.79 Å². The Morgan fingerprint density at radius 3 is 2.54 bits per heavy atom. The molecule has 0 unspecified atom stereocenters. The fourth-order valence-electron chi connectivity index (χ4n) is 3.32. The van der Waals surface area contributed by atoms with Gasteiger partial charge in [-0.3, -0.25) is 4.79 Å². The summed E-state index contributed by atoms with van der Waals surface area (Å²) in [4.78, 5) is 32.0. The zero-order chi connectivity index (χ0) is 18.7. The number of urea groups is 1. The van der Waals surface area contributed by atoms with Crippen LogP contribution >= 0.6 is 0 Å². The summed E-state index contributed by atoms with van der Waals surface area (Å²) < 4.78 is 0. The molecule has 1 aliphatic rings. The van der Waals surface area contributed by atoms with E-state index in [1.807, 2.05) is 61.0 Å². The van der Waals surface area contributed by atoms with Gasteiger partial charge in [0.2, 0.25) is 5.91 Å². The third-order valence-corrected chi connectivity index (χ3v) is 4.63. The topological polar surface area (TPSA) is 68.4 Å². The number of para-hydroxylation sites is 1. The van der Waals surface area contributed by atoms with Gasteiger partial charge in [0.25, 0.3) is 0 Å². The second-order valence-electron chi connectivity index (χ2n) is 7.94. The molecule has 140 valence electrons. The Labute approximate surface area is 154 Å². The van der Waals surface area contributed by atoms with Crippen molar-refractivity contribution in [3.8, 4) is 0 Å². The highest BCUT2D eigenvalue weighted by Crippen LogP contribution is 2.19. The van der Waals surface area contributed by atoms with Crippen molar-refractivity contribution in [2.24, 2.45) is 0 Å². The van der Waals surface area contributed by atoms with Crippen LogP contribution in [0.3, 0.4) is 0 Å². The van der Waals surface area contributed by atoms with Gasteiger partial charge in [-0.2, -0.15) is 0 Å². The molecule has 2 aromatic rings. The molecule has 0 atom stereocenters. The van der Waals surface area contributed by atoms with Crippen LogP contribution in [-0.2, 0) is 11.2 Å². The summed E-state index contributed by atoms with van der Waals surface area (Å²) in [5.74, 6) is 0.118. The number of aromatic nitrogens is 1. The zero-order valence-electron chi connectivity index (χ0n) is 15.8. The number of amides is 3. The first-order valence-electron chi connectivity index (χ1n) is 9.23. The minimum Gasteiger partial charge on any atom is -0.361 e. The molecule has 0 bridgehead atoms. The van der Waals surface area contributed by atoms with Gasteiger partial charge >= 0.3 is 6.03 Å². The Morgan fingerprint density at radius 1 is 1.08 bits per heavy atom. The maximum Gasteiger partial charge on any atom is 0.317 e. The van der Waals surface area contributed by atoms with E-state index in [0.717, 1.165) is 22.9 Å². The van der Waals surface area contributed by atoms with E-state index in [9.17, 15) is 9.59 Å². The van der Waals surface area contributed by atoms with Crippen LogP contribution in [0.1, 0.15) is 32.8 Å². The highest BCUT2D eigenvalue weighted by atomic mass is 16.2. The number of fused-ring (bicyclic) bond motifs is 1. The fourth-order valence-corrected chi connectivity index (χ4v) is 3.32. The second-order valence-corrected chi connectivity index (χ2v) is 7.94. The van der Waals surface area contributed by atoms with Gasteiger partial charge in [0.1, 0.15) is 0 Å². The number of H-pyrrole nitrogens is 1. The molecule has 6 heteroatoms. The summed E-state index contributed by atoms with van der Waals surface area (Å²) in [7, 11) is 0. The van der Waals surface area contributed by atoms with E-state index < -0.39 is 0 Å². The van der Waals surface area contributed by atoms with Crippen LogP contribution in [0, 0.1) is 0 Å². The lowest BCUT2D eigenvalue weighted by Crippen LogP contribution is -2.49. The molecule has 2 N–H and O–H groups in total. The van der Waals surface area contributed by atoms with E-state index in [1.54, 1.807) is 0 Å². The van der Waals surface area contributed by atoms with Crippen LogP contribution in [0.4, 0.5) is 4.79 Å². The normalized spacial score (nSPS) is 15.8. The lowest BCUT2D eigenvalue weighted by molar-refractivity contribution is -0.130. The molecule has 6 nitrogen and oxygen atoms in total. The van der Waals surface area contributed by atoms with Crippen molar-refractivity contribution in [1.82, 2.24) is 20.1 Å². The SMILES string of the molecule is CC(C)(C)NC(=O)N1CCCN(C(=O)Cc2c[nH]c3ccccc23)CC1. The first-order valence-corrected chi connectivity index (χ1v) is 9.23. The predicted molar refractivity (Wildman–Crippen MR) is 103 cm³/mol. The van der Waals surface area contributed by atoms with Crippen molar-refractivity contribution in [1.29, 1.82) is 0 Å². The Kier molecular flexibility index (Phi) is 5.20. The Morgan fingerprint density at radius 2 is 1.77 bits per heavy atom. The number of nitrogens with zero attached hydrogens (tertiary/aromatic N) is 2. The molecule has 0 spiro atoms. The number of carbonyl (C=O) groups excluding carboxylic acids is 2. The molecule has 3 amide bonds. The average molecular weight is 356 g/mol. The minimum absolute atomic E-state index is 0.0524. The van der Waals surface area contributed by atoms with Crippen molar-refractivity contribution < 1.29 is 9.59 Å². The number of hydrogen-bond donors (Lipinski definition) is 2. The Bertz CT molecular complexity index is 790. The van der Waals surface area contributed by atoms with Crippen LogP contribution < -0.4 is 5.32 Å². The number of benzene rings is 1. The largest absolute Gasteiger partial charge is 0.361 e. The Balaban J connectivity index is 1.60. The molecule has 1 aliphatic heterocycles. The highest BCUT2D eigenvalue weighted by molar-refractivity contribution is 5.89. The summed E-state index contributed by atoms with van der Waals surface area (Å²) >= 11 is 0. The smallest absolute Gasteiger partial charge is 0.317 e. The molecule has 0 radical (unpaired) electrons. The summed E-state index contributed by atoms with van der Waals surface area (Å²) in [5, 5.41) is 4.10. The van der Waals surface area contributed by atoms with Gasteiger partial charge in [-0.15, -0.1) is 0 Å². The van der Waals surface area contributed by atoms with Crippen molar-refractivity contribution in [2.75, 3.05) is 26.2 Å². The molecule has 1 fully saturated rings. The average Bonchev–Trinajstić information content (AvgIpc) is 2.81. The van der Waals surface area contributed by atoms with Crippen molar-refractivity contribution in [3.63, 3.8) is 0 Å². The molecule has 2 heterocycles. The summed E-state index contributed by atoms with van der Waals surface area (Å²) in [5.41, 5.74) is 1.82. The molecule has 1 aromatic heterocycles. The first-order chi connectivity index (χ1) is 12.3. The van der Waals surface area contributed by atoms with E-state index in [0.29, 0.717) is 32.6 Å². The van der Waals surface area contributed by atoms with E-state index in [1.165, 1.54) is 0 Å². The monoisotopic (exact) mass is 356 g/mol. The van der Waals surface area contributed by atoms with Crippen LogP contribution in [0.15, 0.2) is 30.5 Å². The predicted octanol–water partition coefficient (Wildman–Crippen LogP) is 2.75. The fraction of sp³-hybridized carbons (Fsp3) is 0.500. The molecule has 26 heavy (non-hydrogen) atoms. The molecular weight excluding hydrogens is 328 g/mol. The third-order valence-electron chi connectivity index (χ3n) is 4.63. The van der Waals surface area contributed by atoms with Crippen LogP contribution in [0.25, 0.3) is 10.9 Å². The number of aromatic amines is 1. The standard InChI is InChI=1S/C20H28N4O2/c1-20(2,3)22-19(26)24-10-6-9-23(11-12-24)18(25)13-15-14-21-17-8-5-4-7-16(15)17/h4-5,7-8,14,21H,6,9-13H2,1-3H3,(H,22,26). The van der Waals surface area contributed by atoms with E-state index in [-0.39, 0.29) is 17.5 Å². The molecular formula is C20H28N4O2. The summed E-state index contributed by atoms with van der Waals surface area (Å²) in [6.07, 6.45) is 3.11. The third kappa shape index (κ3) is 4.36. The number of hydrogen-bond acceptors (Lipinski definition) is 2. The highest BCUT2D eigenvalue weighted by Gasteiger charge is 2.24. The number of carbonyl (C=O) groups is 2. The zero-order valence-corrected chi connectivity index (χ0v) is 15.8. The number of rotatable bonds is 2. The lowest BCUT2D eigenvalue weighted by atomic mass is 10.1. The van der Waals surface area contributed by atoms with Crippen molar-refractivity contribution >= 4 is 22.8 Å². The van der Waals surface area contributed by atoms with Gasteiger partial charge in [0.05, 0.1) is 6.42 Å². The van der Waals surface area contributed by atoms with E-state index in [2.05, 4.69) is 10.3 Å². The number of nitrogens with one attached hydrogen (secondary N) is 2. The maximum atomic E-state index is 12.8. The molecule has 1 aromatic carbocycles. The Hall–Kier alpha value is -2.50. The van der Waals surface area contributed by atoms with Gasteiger partial charge < -0.3 is 20.1 Å². The quantitative estimate of drug-likeness (QED) is 0.869. The lowest BCUT2D eigenvalue weighted by Gasteiger charge is -2.27. The first kappa shape index (κ1) is 18.3. The van der Waals surface area contributed by atoms with Crippen LogP contribution in [0.5, 0.6) is 0 Å². The second kappa shape index (κ2) is 7.40. The van der Waals surface area contributed by atoms with Crippen LogP contribution in [0.2, 0.25) is 0 Å². The van der Waals surface area contributed by atoms with Gasteiger partial charge in [0.15, 0.2) is 0 Å². The van der Waals surface area contributed by atoms with E-state index >= 15 is 0 Å². The van der Waals surface area contributed by atoms with E-state index in [4.69, 9.17) is 0 Å². The minimum atomic E-state index is -0.256. The molecule has 0 saturated carbocycles. The van der Waals surface area contributed by atoms with Crippen molar-refractivity contribution in [3.05, 3.63) is 36.0 Å². The summed E-state index contributed by atoms with van der Waals surface area (Å²) in [6, 6.07) is 7.97. The molecule has 3 rings (SSSR count). The van der Waals surface area contributed by atoms with Crippen molar-refractivity contribution in [2.45, 2.75) is 39.2 Å². The van der Waals surface area contributed by atoms with Gasteiger partial charge in [-0.05, 0) is 38.8 Å². The van der Waals surface area contributed by atoms with Gasteiger partial charge in [-0.1, -0.05) is 18.2 Å². The maximum absolute atomic E-state index is 12.8. The summed E-state index contributed by atoms with van der Waals surface area (Å²) in [6.45, 7) is 8.44.